The van der Waals surface area contributed by atoms with E-state index in [1.54, 1.807) is 0 Å². The third-order valence-corrected chi connectivity index (χ3v) is 3.57. The maximum Gasteiger partial charge on any atom is 0.309 e. The van der Waals surface area contributed by atoms with Gasteiger partial charge >= 0.3 is 5.97 Å². The van der Waals surface area contributed by atoms with Gasteiger partial charge in [0.2, 0.25) is 0 Å². The summed E-state index contributed by atoms with van der Waals surface area (Å²) in [4.78, 5) is 10.9. The normalized spacial score (nSPS) is 23.0. The molecule has 0 saturated carbocycles. The third-order valence-electron chi connectivity index (χ3n) is 2.58. The molecule has 0 spiro atoms. The van der Waals surface area contributed by atoms with Crippen molar-refractivity contribution in [2.24, 2.45) is 5.41 Å². The topological polar surface area (TPSA) is 37.3 Å². The predicted octanol–water partition coefficient (Wildman–Crippen LogP) is 1.99. The maximum atomic E-state index is 10.9. The van der Waals surface area contributed by atoms with E-state index in [1.165, 1.54) is 0 Å². The van der Waals surface area contributed by atoms with Crippen molar-refractivity contribution in [3.05, 3.63) is 0 Å². The molecular formula is C8H14O2S. The highest BCUT2D eigenvalue weighted by Crippen LogP contribution is 2.37. The average molecular weight is 174 g/mol. The minimum atomic E-state index is -0.597. The fourth-order valence-corrected chi connectivity index (χ4v) is 2.76. The molecule has 1 fully saturated rings. The van der Waals surface area contributed by atoms with Crippen LogP contribution < -0.4 is 0 Å². The Morgan fingerprint density at radius 1 is 1.55 bits per heavy atom. The molecule has 1 aliphatic heterocycles. The molecule has 0 atom stereocenters. The summed E-state index contributed by atoms with van der Waals surface area (Å²) in [5.74, 6) is 1.43. The molecule has 0 aromatic carbocycles. The van der Waals surface area contributed by atoms with Gasteiger partial charge in [-0.3, -0.25) is 4.79 Å². The van der Waals surface area contributed by atoms with E-state index in [-0.39, 0.29) is 5.41 Å². The monoisotopic (exact) mass is 174 g/mol. The number of carboxylic acid groups (broad SMARTS) is 1. The van der Waals surface area contributed by atoms with Crippen molar-refractivity contribution in [2.75, 3.05) is 11.5 Å². The predicted molar refractivity (Wildman–Crippen MR) is 46.9 cm³/mol. The lowest BCUT2D eigenvalue weighted by molar-refractivity contribution is -0.149. The van der Waals surface area contributed by atoms with Crippen LogP contribution in [0.4, 0.5) is 0 Å². The van der Waals surface area contributed by atoms with Gasteiger partial charge in [0.25, 0.3) is 0 Å². The summed E-state index contributed by atoms with van der Waals surface area (Å²) >= 11 is 1.87. The molecule has 1 aliphatic rings. The quantitative estimate of drug-likeness (QED) is 0.695. The highest BCUT2D eigenvalue weighted by atomic mass is 32.2. The van der Waals surface area contributed by atoms with Crippen molar-refractivity contribution in [3.63, 3.8) is 0 Å². The summed E-state index contributed by atoms with van der Waals surface area (Å²) in [5, 5.41) is 8.98. The molecule has 2 nitrogen and oxygen atoms in total. The van der Waals surface area contributed by atoms with Gasteiger partial charge < -0.3 is 5.11 Å². The highest BCUT2D eigenvalue weighted by Gasteiger charge is 2.37. The molecule has 3 heteroatoms. The van der Waals surface area contributed by atoms with Crippen molar-refractivity contribution >= 4 is 17.7 Å². The SMILES string of the molecule is CCC1(C(=O)O)CCSCC1. The summed E-state index contributed by atoms with van der Waals surface area (Å²) in [7, 11) is 0. The van der Waals surface area contributed by atoms with E-state index in [4.69, 9.17) is 5.11 Å². The number of hydrogen-bond donors (Lipinski definition) is 1. The number of aliphatic carboxylic acids is 1. The molecule has 1 N–H and O–H groups in total. The van der Waals surface area contributed by atoms with E-state index >= 15 is 0 Å². The van der Waals surface area contributed by atoms with Crippen LogP contribution in [-0.4, -0.2) is 22.6 Å². The van der Waals surface area contributed by atoms with Crippen molar-refractivity contribution in [3.8, 4) is 0 Å². The Labute approximate surface area is 71.4 Å². The van der Waals surface area contributed by atoms with Crippen LogP contribution in [0.15, 0.2) is 0 Å². The van der Waals surface area contributed by atoms with Crippen LogP contribution >= 0.6 is 11.8 Å². The second kappa shape index (κ2) is 3.48. The lowest BCUT2D eigenvalue weighted by Crippen LogP contribution is -2.34. The molecule has 11 heavy (non-hydrogen) atoms. The van der Waals surface area contributed by atoms with Gasteiger partial charge in [-0.05, 0) is 30.8 Å². The molecule has 1 saturated heterocycles. The van der Waals surface area contributed by atoms with Crippen molar-refractivity contribution in [1.29, 1.82) is 0 Å². The first-order chi connectivity index (χ1) is 5.21. The van der Waals surface area contributed by atoms with Gasteiger partial charge in [0.05, 0.1) is 5.41 Å². The largest absolute Gasteiger partial charge is 0.481 e. The lowest BCUT2D eigenvalue weighted by Gasteiger charge is -2.31. The Morgan fingerprint density at radius 2 is 2.09 bits per heavy atom. The second-order valence-corrected chi connectivity index (χ2v) is 4.28. The zero-order valence-electron chi connectivity index (χ0n) is 6.80. The third kappa shape index (κ3) is 1.70. The maximum absolute atomic E-state index is 10.9. The first kappa shape index (κ1) is 8.91. The van der Waals surface area contributed by atoms with E-state index in [1.807, 2.05) is 18.7 Å². The lowest BCUT2D eigenvalue weighted by atomic mass is 9.80. The fraction of sp³-hybridized carbons (Fsp3) is 0.875. The first-order valence-electron chi connectivity index (χ1n) is 4.02. The molecule has 0 unspecified atom stereocenters. The number of carboxylic acids is 1. The Morgan fingerprint density at radius 3 is 2.36 bits per heavy atom. The summed E-state index contributed by atoms with van der Waals surface area (Å²) in [6, 6.07) is 0. The summed E-state index contributed by atoms with van der Waals surface area (Å²) < 4.78 is 0. The van der Waals surface area contributed by atoms with E-state index in [0.717, 1.165) is 30.8 Å². The number of rotatable bonds is 2. The van der Waals surface area contributed by atoms with Gasteiger partial charge in [-0.25, -0.2) is 0 Å². The minimum Gasteiger partial charge on any atom is -0.481 e. The number of carbonyl (C=O) groups is 1. The smallest absolute Gasteiger partial charge is 0.309 e. The highest BCUT2D eigenvalue weighted by molar-refractivity contribution is 7.99. The van der Waals surface area contributed by atoms with Crippen LogP contribution in [0.25, 0.3) is 0 Å². The van der Waals surface area contributed by atoms with Gasteiger partial charge in [0.1, 0.15) is 0 Å². The van der Waals surface area contributed by atoms with Gasteiger partial charge in [-0.2, -0.15) is 11.8 Å². The van der Waals surface area contributed by atoms with Crippen LogP contribution in [0, 0.1) is 5.41 Å². The molecule has 0 bridgehead atoms. The molecule has 1 rings (SSSR count). The van der Waals surface area contributed by atoms with Gasteiger partial charge in [-0.1, -0.05) is 6.92 Å². The zero-order valence-corrected chi connectivity index (χ0v) is 7.62. The molecule has 0 amide bonds. The minimum absolute atomic E-state index is 0.384. The van der Waals surface area contributed by atoms with Gasteiger partial charge in [0, 0.05) is 0 Å². The Kier molecular flexibility index (Phi) is 2.82. The number of thioether (sulfide) groups is 1. The second-order valence-electron chi connectivity index (χ2n) is 3.05. The van der Waals surface area contributed by atoms with Crippen LogP contribution in [0.1, 0.15) is 26.2 Å². The fourth-order valence-electron chi connectivity index (χ4n) is 1.48. The Balaban J connectivity index is 2.64. The molecule has 1 heterocycles. The molecule has 0 aromatic rings. The van der Waals surface area contributed by atoms with Crippen molar-refractivity contribution in [2.45, 2.75) is 26.2 Å². The molecule has 0 aliphatic carbocycles. The zero-order chi connectivity index (χ0) is 8.32. The van der Waals surface area contributed by atoms with E-state index in [0.29, 0.717) is 0 Å². The van der Waals surface area contributed by atoms with Crippen LogP contribution in [0.3, 0.4) is 0 Å². The molecule has 64 valence electrons. The van der Waals surface area contributed by atoms with E-state index < -0.39 is 5.97 Å². The Bertz CT molecular complexity index is 150. The van der Waals surface area contributed by atoms with Crippen LogP contribution in [0.2, 0.25) is 0 Å². The van der Waals surface area contributed by atoms with E-state index in [2.05, 4.69) is 0 Å². The molecule has 0 radical (unpaired) electrons. The standard InChI is InChI=1S/C8H14O2S/c1-2-8(7(9)10)3-5-11-6-4-8/h2-6H2,1H3,(H,9,10). The summed E-state index contributed by atoms with van der Waals surface area (Å²) in [6.07, 6.45) is 2.48. The van der Waals surface area contributed by atoms with Gasteiger partial charge in [0.15, 0.2) is 0 Å². The average Bonchev–Trinajstić information content (AvgIpc) is 2.05. The van der Waals surface area contributed by atoms with E-state index in [9.17, 15) is 4.79 Å². The van der Waals surface area contributed by atoms with Gasteiger partial charge in [-0.15, -0.1) is 0 Å². The summed E-state index contributed by atoms with van der Waals surface area (Å²) in [6.45, 7) is 1.98. The van der Waals surface area contributed by atoms with Crippen molar-refractivity contribution in [1.82, 2.24) is 0 Å². The van der Waals surface area contributed by atoms with Crippen molar-refractivity contribution < 1.29 is 9.90 Å². The summed E-state index contributed by atoms with van der Waals surface area (Å²) in [5.41, 5.74) is -0.384. The van der Waals surface area contributed by atoms with Crippen LogP contribution in [0.5, 0.6) is 0 Å². The molecule has 0 aromatic heterocycles. The Hall–Kier alpha value is -0.180. The van der Waals surface area contributed by atoms with Crippen LogP contribution in [-0.2, 0) is 4.79 Å². The molecular weight excluding hydrogens is 160 g/mol. The first-order valence-corrected chi connectivity index (χ1v) is 5.18. The number of hydrogen-bond acceptors (Lipinski definition) is 2.